The fraction of sp³-hybridized carbons (Fsp3) is 0.250. The van der Waals surface area contributed by atoms with Crippen molar-refractivity contribution in [1.82, 2.24) is 10.6 Å². The normalized spacial score (nSPS) is 11.3. The van der Waals surface area contributed by atoms with Gasteiger partial charge in [-0.1, -0.05) is 42.5 Å². The molecular weight excluding hydrogens is 332 g/mol. The molecule has 0 fully saturated rings. The van der Waals surface area contributed by atoms with Gasteiger partial charge in [0.2, 0.25) is 5.91 Å². The zero-order valence-corrected chi connectivity index (χ0v) is 14.8. The standard InChI is InChI=1S/C20H22N2O4/c1-14(19(24)22-13-16-6-4-3-5-7-16)26-20(25)18-10-8-17(9-11-18)12-21-15(2)23/h3-11,14H,12-13H2,1-2H3,(H,21,23)(H,22,24). The molecule has 0 saturated carbocycles. The van der Waals surface area contributed by atoms with Gasteiger partial charge in [-0.05, 0) is 30.2 Å². The second-order valence-electron chi connectivity index (χ2n) is 5.86. The van der Waals surface area contributed by atoms with Crippen molar-refractivity contribution in [3.8, 4) is 0 Å². The van der Waals surface area contributed by atoms with Crippen molar-refractivity contribution in [2.75, 3.05) is 0 Å². The van der Waals surface area contributed by atoms with E-state index >= 15 is 0 Å². The van der Waals surface area contributed by atoms with Crippen LogP contribution in [0.5, 0.6) is 0 Å². The van der Waals surface area contributed by atoms with Crippen LogP contribution in [-0.2, 0) is 27.4 Å². The maximum absolute atomic E-state index is 12.1. The highest BCUT2D eigenvalue weighted by molar-refractivity contribution is 5.92. The molecule has 2 aromatic carbocycles. The van der Waals surface area contributed by atoms with E-state index in [4.69, 9.17) is 4.74 Å². The maximum Gasteiger partial charge on any atom is 0.338 e. The highest BCUT2D eigenvalue weighted by atomic mass is 16.5. The predicted octanol–water partition coefficient (Wildman–Crippen LogP) is 2.18. The lowest BCUT2D eigenvalue weighted by atomic mass is 10.1. The van der Waals surface area contributed by atoms with Crippen LogP contribution in [0.4, 0.5) is 0 Å². The van der Waals surface area contributed by atoms with E-state index in [1.165, 1.54) is 13.8 Å². The van der Waals surface area contributed by atoms with Crippen molar-refractivity contribution in [3.05, 3.63) is 71.3 Å². The second kappa shape index (κ2) is 9.36. The topological polar surface area (TPSA) is 84.5 Å². The Kier molecular flexibility index (Phi) is 6.91. The van der Waals surface area contributed by atoms with Gasteiger partial charge in [0, 0.05) is 20.0 Å². The Labute approximate surface area is 152 Å². The molecule has 136 valence electrons. The lowest BCUT2D eigenvalue weighted by Gasteiger charge is -2.14. The Morgan fingerprint density at radius 3 is 2.08 bits per heavy atom. The quantitative estimate of drug-likeness (QED) is 0.747. The van der Waals surface area contributed by atoms with Crippen molar-refractivity contribution in [2.45, 2.75) is 33.0 Å². The number of esters is 1. The Morgan fingerprint density at radius 2 is 1.46 bits per heavy atom. The summed E-state index contributed by atoms with van der Waals surface area (Å²) in [5, 5.41) is 5.41. The molecule has 2 N–H and O–H groups in total. The van der Waals surface area contributed by atoms with E-state index in [0.717, 1.165) is 11.1 Å². The van der Waals surface area contributed by atoms with E-state index in [1.54, 1.807) is 24.3 Å². The summed E-state index contributed by atoms with van der Waals surface area (Å²) in [5.74, 6) is -1.05. The van der Waals surface area contributed by atoms with Crippen molar-refractivity contribution in [2.24, 2.45) is 0 Å². The van der Waals surface area contributed by atoms with E-state index in [1.807, 2.05) is 30.3 Å². The highest BCUT2D eigenvalue weighted by Gasteiger charge is 2.18. The molecule has 1 unspecified atom stereocenters. The molecule has 1 atom stereocenters. The molecule has 0 bridgehead atoms. The van der Waals surface area contributed by atoms with E-state index in [0.29, 0.717) is 18.7 Å². The molecule has 6 heteroatoms. The average molecular weight is 354 g/mol. The van der Waals surface area contributed by atoms with Gasteiger partial charge in [-0.25, -0.2) is 4.79 Å². The third-order valence-electron chi connectivity index (χ3n) is 3.69. The minimum absolute atomic E-state index is 0.121. The number of amides is 2. The molecule has 0 saturated heterocycles. The van der Waals surface area contributed by atoms with Crippen LogP contribution in [0, 0.1) is 0 Å². The van der Waals surface area contributed by atoms with Gasteiger partial charge >= 0.3 is 5.97 Å². The van der Waals surface area contributed by atoms with E-state index in [-0.39, 0.29) is 11.8 Å². The first-order valence-electron chi connectivity index (χ1n) is 8.31. The summed E-state index contributed by atoms with van der Waals surface area (Å²) < 4.78 is 5.20. The Morgan fingerprint density at radius 1 is 0.885 bits per heavy atom. The van der Waals surface area contributed by atoms with Gasteiger partial charge in [0.25, 0.3) is 5.91 Å². The molecule has 2 amide bonds. The zero-order chi connectivity index (χ0) is 18.9. The Hall–Kier alpha value is -3.15. The third kappa shape index (κ3) is 6.05. The van der Waals surface area contributed by atoms with Gasteiger partial charge in [0.1, 0.15) is 0 Å². The number of rotatable bonds is 7. The van der Waals surface area contributed by atoms with Crippen LogP contribution >= 0.6 is 0 Å². The molecule has 2 rings (SSSR count). The number of nitrogens with one attached hydrogen (secondary N) is 2. The summed E-state index contributed by atoms with van der Waals surface area (Å²) in [4.78, 5) is 35.1. The smallest absolute Gasteiger partial charge is 0.338 e. The van der Waals surface area contributed by atoms with Crippen molar-refractivity contribution in [3.63, 3.8) is 0 Å². The average Bonchev–Trinajstić information content (AvgIpc) is 2.65. The van der Waals surface area contributed by atoms with E-state index in [2.05, 4.69) is 10.6 Å². The van der Waals surface area contributed by atoms with Crippen LogP contribution in [0.25, 0.3) is 0 Å². The molecule has 0 aliphatic rings. The van der Waals surface area contributed by atoms with E-state index < -0.39 is 12.1 Å². The lowest BCUT2D eigenvalue weighted by molar-refractivity contribution is -0.129. The van der Waals surface area contributed by atoms with Crippen LogP contribution in [0.15, 0.2) is 54.6 Å². The van der Waals surface area contributed by atoms with Gasteiger partial charge in [0.15, 0.2) is 6.10 Å². The number of carbonyl (C=O) groups is 3. The Bertz CT molecular complexity index is 757. The van der Waals surface area contributed by atoms with Crippen LogP contribution in [-0.4, -0.2) is 23.9 Å². The van der Waals surface area contributed by atoms with Crippen molar-refractivity contribution in [1.29, 1.82) is 0 Å². The minimum atomic E-state index is -0.898. The predicted molar refractivity (Wildman–Crippen MR) is 97.1 cm³/mol. The number of ether oxygens (including phenoxy) is 1. The first-order valence-corrected chi connectivity index (χ1v) is 8.31. The van der Waals surface area contributed by atoms with Crippen LogP contribution < -0.4 is 10.6 Å². The van der Waals surface area contributed by atoms with Crippen LogP contribution in [0.2, 0.25) is 0 Å². The summed E-state index contributed by atoms with van der Waals surface area (Å²) in [6.07, 6.45) is -0.898. The van der Waals surface area contributed by atoms with Crippen molar-refractivity contribution >= 4 is 17.8 Å². The molecule has 0 aromatic heterocycles. The number of benzene rings is 2. The molecule has 26 heavy (non-hydrogen) atoms. The van der Waals surface area contributed by atoms with E-state index in [9.17, 15) is 14.4 Å². The van der Waals surface area contributed by atoms with Gasteiger partial charge < -0.3 is 15.4 Å². The van der Waals surface area contributed by atoms with Gasteiger partial charge in [0.05, 0.1) is 5.56 Å². The monoisotopic (exact) mass is 354 g/mol. The number of carbonyl (C=O) groups excluding carboxylic acids is 3. The zero-order valence-electron chi connectivity index (χ0n) is 14.8. The number of hydrogen-bond acceptors (Lipinski definition) is 4. The molecule has 2 aromatic rings. The molecule has 0 aliphatic carbocycles. The van der Waals surface area contributed by atoms with Gasteiger partial charge in [-0.15, -0.1) is 0 Å². The fourth-order valence-electron chi connectivity index (χ4n) is 2.20. The summed E-state index contributed by atoms with van der Waals surface area (Å²) in [6.45, 7) is 3.74. The van der Waals surface area contributed by atoms with Crippen LogP contribution in [0.3, 0.4) is 0 Å². The fourth-order valence-corrected chi connectivity index (χ4v) is 2.20. The molecular formula is C20H22N2O4. The summed E-state index contributed by atoms with van der Waals surface area (Å²) in [5.41, 5.74) is 2.18. The molecule has 6 nitrogen and oxygen atoms in total. The lowest BCUT2D eigenvalue weighted by Crippen LogP contribution is -2.35. The molecule has 0 aliphatic heterocycles. The summed E-state index contributed by atoms with van der Waals surface area (Å²) in [7, 11) is 0. The summed E-state index contributed by atoms with van der Waals surface area (Å²) in [6, 6.07) is 16.2. The molecule has 0 heterocycles. The Balaban J connectivity index is 1.83. The van der Waals surface area contributed by atoms with Crippen molar-refractivity contribution < 1.29 is 19.1 Å². The second-order valence-corrected chi connectivity index (χ2v) is 5.86. The highest BCUT2D eigenvalue weighted by Crippen LogP contribution is 2.08. The molecule has 0 radical (unpaired) electrons. The largest absolute Gasteiger partial charge is 0.449 e. The summed E-state index contributed by atoms with van der Waals surface area (Å²) >= 11 is 0. The molecule has 0 spiro atoms. The first kappa shape index (κ1) is 19.2. The minimum Gasteiger partial charge on any atom is -0.449 e. The van der Waals surface area contributed by atoms with Gasteiger partial charge in [-0.3, -0.25) is 9.59 Å². The number of hydrogen-bond donors (Lipinski definition) is 2. The first-order chi connectivity index (χ1) is 12.5. The van der Waals surface area contributed by atoms with Crippen LogP contribution in [0.1, 0.15) is 35.3 Å². The SMILES string of the molecule is CC(=O)NCc1ccc(C(=O)OC(C)C(=O)NCc2ccccc2)cc1. The third-order valence-corrected chi connectivity index (χ3v) is 3.69. The maximum atomic E-state index is 12.1. The van der Waals surface area contributed by atoms with Gasteiger partial charge in [-0.2, -0.15) is 0 Å².